The van der Waals surface area contributed by atoms with Crippen molar-refractivity contribution in [1.29, 1.82) is 0 Å². The number of aromatic nitrogens is 1. The summed E-state index contributed by atoms with van der Waals surface area (Å²) in [7, 11) is 1.48. The van der Waals surface area contributed by atoms with E-state index in [0.29, 0.717) is 21.8 Å². The summed E-state index contributed by atoms with van der Waals surface area (Å²) in [6.07, 6.45) is 0.000904. The molecule has 0 spiro atoms. The molecule has 1 aromatic heterocycles. The Labute approximate surface area is 164 Å². The molecule has 1 N–H and O–H groups in total. The van der Waals surface area contributed by atoms with Crippen LogP contribution < -0.4 is 11.1 Å². The van der Waals surface area contributed by atoms with Crippen LogP contribution in [-0.2, 0) is 16.1 Å². The second kappa shape index (κ2) is 8.26. The van der Waals surface area contributed by atoms with Crippen LogP contribution in [0.5, 0.6) is 0 Å². The van der Waals surface area contributed by atoms with Gasteiger partial charge < -0.3 is 14.6 Å². The molecule has 0 aliphatic rings. The molecule has 0 aliphatic heterocycles. The second-order valence-electron chi connectivity index (χ2n) is 6.19. The number of amides is 2. The first-order chi connectivity index (χ1) is 13.3. The van der Waals surface area contributed by atoms with Gasteiger partial charge in [-0.3, -0.25) is 14.2 Å². The summed E-state index contributed by atoms with van der Waals surface area (Å²) >= 11 is 5.87. The Bertz CT molecular complexity index is 1090. The number of anilines is 1. The summed E-state index contributed by atoms with van der Waals surface area (Å²) in [4.78, 5) is 37.5. The van der Waals surface area contributed by atoms with Gasteiger partial charge in [0.05, 0.1) is 12.1 Å². The fourth-order valence-electron chi connectivity index (χ4n) is 2.72. The first-order valence-corrected chi connectivity index (χ1v) is 8.79. The Morgan fingerprint density at radius 1 is 1.25 bits per heavy atom. The fraction of sp³-hybridized carbons (Fsp3) is 0.211. The number of fused-ring (bicyclic) bond motifs is 1. The van der Waals surface area contributed by atoms with Crippen LogP contribution in [0.1, 0.15) is 6.42 Å². The highest BCUT2D eigenvalue weighted by atomic mass is 35.5. The van der Waals surface area contributed by atoms with Crippen LogP contribution in [0.25, 0.3) is 11.1 Å². The maximum Gasteiger partial charge on any atom is 0.419 e. The Hall–Kier alpha value is -3.13. The molecule has 0 radical (unpaired) electrons. The summed E-state index contributed by atoms with van der Waals surface area (Å²) in [5.74, 6) is -1.84. The molecule has 0 fully saturated rings. The largest absolute Gasteiger partial charge is 0.419 e. The lowest BCUT2D eigenvalue weighted by molar-refractivity contribution is -0.133. The highest BCUT2D eigenvalue weighted by Gasteiger charge is 2.16. The highest BCUT2D eigenvalue weighted by Crippen LogP contribution is 2.18. The first-order valence-electron chi connectivity index (χ1n) is 8.42. The summed E-state index contributed by atoms with van der Waals surface area (Å²) in [5, 5.41) is 2.96. The normalized spacial score (nSPS) is 10.8. The number of halogens is 2. The zero-order valence-electron chi connectivity index (χ0n) is 14.9. The third-order valence-corrected chi connectivity index (χ3v) is 4.33. The molecule has 0 unspecified atom stereocenters. The molecular weight excluding hydrogens is 389 g/mol. The molecule has 3 rings (SSSR count). The zero-order valence-corrected chi connectivity index (χ0v) is 15.7. The van der Waals surface area contributed by atoms with E-state index in [-0.39, 0.29) is 25.4 Å². The van der Waals surface area contributed by atoms with Crippen molar-refractivity contribution < 1.29 is 18.4 Å². The molecular formula is C19H17ClFN3O4. The molecule has 2 amide bonds. The van der Waals surface area contributed by atoms with Crippen LogP contribution in [0.4, 0.5) is 10.1 Å². The van der Waals surface area contributed by atoms with Gasteiger partial charge >= 0.3 is 5.76 Å². The van der Waals surface area contributed by atoms with Gasteiger partial charge in [0.2, 0.25) is 11.8 Å². The van der Waals surface area contributed by atoms with E-state index in [1.54, 1.807) is 18.2 Å². The number of hydrogen-bond acceptors (Lipinski definition) is 4. The third kappa shape index (κ3) is 4.58. The van der Waals surface area contributed by atoms with Crippen molar-refractivity contribution in [2.45, 2.75) is 13.0 Å². The summed E-state index contributed by atoms with van der Waals surface area (Å²) in [6, 6.07) is 10.3. The van der Waals surface area contributed by atoms with Crippen molar-refractivity contribution in [3.63, 3.8) is 0 Å². The van der Waals surface area contributed by atoms with E-state index in [1.165, 1.54) is 40.8 Å². The van der Waals surface area contributed by atoms with Gasteiger partial charge in [0.1, 0.15) is 5.82 Å². The third-order valence-electron chi connectivity index (χ3n) is 4.09. The van der Waals surface area contributed by atoms with Gasteiger partial charge in [0, 0.05) is 36.8 Å². The minimum absolute atomic E-state index is 0.000904. The summed E-state index contributed by atoms with van der Waals surface area (Å²) in [5.41, 5.74) is 1.18. The number of carbonyl (C=O) groups excluding carboxylic acids is 2. The molecule has 2 aromatic carbocycles. The van der Waals surface area contributed by atoms with Crippen molar-refractivity contribution in [3.05, 3.63) is 63.9 Å². The van der Waals surface area contributed by atoms with Crippen LogP contribution >= 0.6 is 11.6 Å². The number of nitrogens with zero attached hydrogens (tertiary/aromatic N) is 2. The van der Waals surface area contributed by atoms with Crippen LogP contribution in [-0.4, -0.2) is 34.9 Å². The lowest BCUT2D eigenvalue weighted by Gasteiger charge is -2.17. The maximum absolute atomic E-state index is 13.2. The van der Waals surface area contributed by atoms with Crippen molar-refractivity contribution in [3.8, 4) is 0 Å². The Morgan fingerprint density at radius 3 is 2.79 bits per heavy atom. The predicted molar refractivity (Wildman–Crippen MR) is 103 cm³/mol. The molecule has 0 bridgehead atoms. The molecule has 0 atom stereocenters. The highest BCUT2D eigenvalue weighted by molar-refractivity contribution is 6.31. The molecule has 146 valence electrons. The Morgan fingerprint density at radius 2 is 2.04 bits per heavy atom. The number of hydrogen-bond donors (Lipinski definition) is 1. The number of aryl methyl sites for hydroxylation is 1. The molecule has 7 nitrogen and oxygen atoms in total. The number of oxazole rings is 1. The van der Waals surface area contributed by atoms with Gasteiger partial charge in [0.25, 0.3) is 0 Å². The topological polar surface area (TPSA) is 84.5 Å². The van der Waals surface area contributed by atoms with Gasteiger partial charge in [-0.2, -0.15) is 0 Å². The van der Waals surface area contributed by atoms with E-state index < -0.39 is 17.5 Å². The molecule has 0 saturated carbocycles. The lowest BCUT2D eigenvalue weighted by Crippen LogP contribution is -2.35. The average Bonchev–Trinajstić information content (AvgIpc) is 2.93. The van der Waals surface area contributed by atoms with Gasteiger partial charge in [0.15, 0.2) is 5.58 Å². The quantitative estimate of drug-likeness (QED) is 0.683. The van der Waals surface area contributed by atoms with Gasteiger partial charge in [-0.05, 0) is 30.3 Å². The Kier molecular flexibility index (Phi) is 5.79. The lowest BCUT2D eigenvalue weighted by atomic mass is 10.3. The SMILES string of the molecule is CN(CC(=O)Nc1cccc(F)c1)C(=O)CCn1c(=O)oc2cc(Cl)ccc21. The van der Waals surface area contributed by atoms with E-state index in [0.717, 1.165) is 0 Å². The van der Waals surface area contributed by atoms with Crippen molar-refractivity contribution in [1.82, 2.24) is 9.47 Å². The van der Waals surface area contributed by atoms with Crippen LogP contribution in [0.3, 0.4) is 0 Å². The standard InChI is InChI=1S/C19H17ClFN3O4/c1-23(11-17(25)22-14-4-2-3-13(21)10-14)18(26)7-8-24-15-6-5-12(20)9-16(15)28-19(24)27/h2-6,9-10H,7-8,11H2,1H3,(H,22,25). The molecule has 28 heavy (non-hydrogen) atoms. The van der Waals surface area contributed by atoms with Crippen molar-refractivity contribution in [2.24, 2.45) is 0 Å². The number of rotatable bonds is 6. The first kappa shape index (κ1) is 19.6. The van der Waals surface area contributed by atoms with E-state index in [2.05, 4.69) is 5.32 Å². The van der Waals surface area contributed by atoms with Gasteiger partial charge in [-0.25, -0.2) is 9.18 Å². The molecule has 1 heterocycles. The van der Waals surface area contributed by atoms with E-state index >= 15 is 0 Å². The molecule has 3 aromatic rings. The van der Waals surface area contributed by atoms with E-state index in [4.69, 9.17) is 16.0 Å². The number of carbonyl (C=O) groups is 2. The second-order valence-corrected chi connectivity index (χ2v) is 6.63. The van der Waals surface area contributed by atoms with Gasteiger partial charge in [-0.15, -0.1) is 0 Å². The number of benzene rings is 2. The number of likely N-dealkylation sites (N-methyl/N-ethyl adjacent to an activating group) is 1. The van der Waals surface area contributed by atoms with Crippen LogP contribution in [0, 0.1) is 5.82 Å². The maximum atomic E-state index is 13.2. The summed E-state index contributed by atoms with van der Waals surface area (Å²) in [6.45, 7) is -0.103. The van der Waals surface area contributed by atoms with E-state index in [9.17, 15) is 18.8 Å². The molecule has 0 saturated heterocycles. The van der Waals surface area contributed by atoms with Crippen LogP contribution in [0.2, 0.25) is 5.02 Å². The van der Waals surface area contributed by atoms with Crippen molar-refractivity contribution in [2.75, 3.05) is 18.9 Å². The van der Waals surface area contributed by atoms with Gasteiger partial charge in [-0.1, -0.05) is 17.7 Å². The average molecular weight is 406 g/mol. The monoisotopic (exact) mass is 405 g/mol. The predicted octanol–water partition coefficient (Wildman–Crippen LogP) is 2.87. The summed E-state index contributed by atoms with van der Waals surface area (Å²) < 4.78 is 19.6. The minimum atomic E-state index is -0.587. The smallest absolute Gasteiger partial charge is 0.408 e. The van der Waals surface area contributed by atoms with E-state index in [1.807, 2.05) is 0 Å². The van der Waals surface area contributed by atoms with Crippen LogP contribution in [0.15, 0.2) is 51.7 Å². The minimum Gasteiger partial charge on any atom is -0.408 e. The van der Waals surface area contributed by atoms with Crippen molar-refractivity contribution >= 4 is 40.2 Å². The number of nitrogens with one attached hydrogen (secondary N) is 1. The Balaban J connectivity index is 1.58. The zero-order chi connectivity index (χ0) is 20.3. The fourth-order valence-corrected chi connectivity index (χ4v) is 2.88. The molecule has 0 aliphatic carbocycles. The molecule has 9 heteroatoms.